The monoisotopic (exact) mass is 486 g/mol. The van der Waals surface area contributed by atoms with Crippen LogP contribution in [0.5, 0.6) is 23.0 Å². The molecule has 3 aromatic rings. The first-order valence-corrected chi connectivity index (χ1v) is 10.9. The number of rotatable bonds is 12. The molecule has 2 aromatic carbocycles. The van der Waals surface area contributed by atoms with E-state index in [9.17, 15) is 9.90 Å². The highest BCUT2D eigenvalue weighted by Crippen LogP contribution is 2.40. The van der Waals surface area contributed by atoms with E-state index >= 15 is 0 Å². The molecular formula is C26H30O9. The molecule has 0 amide bonds. The lowest BCUT2D eigenvalue weighted by atomic mass is 10.0. The number of methoxy groups -OCH3 is 3. The number of phenolic OH excluding ortho intramolecular Hbond substituents is 1. The molecule has 0 radical (unpaired) electrons. The number of fused-ring (bicyclic) bond motifs is 1. The van der Waals surface area contributed by atoms with Gasteiger partial charge < -0.3 is 37.9 Å². The highest BCUT2D eigenvalue weighted by Gasteiger charge is 2.24. The lowest BCUT2D eigenvalue weighted by Crippen LogP contribution is -2.13. The van der Waals surface area contributed by atoms with Crippen molar-refractivity contribution in [3.63, 3.8) is 0 Å². The topological polar surface area (TPSA) is 106 Å². The first kappa shape index (κ1) is 26.1. The quantitative estimate of drug-likeness (QED) is 0.290. The first-order chi connectivity index (χ1) is 16.9. The van der Waals surface area contributed by atoms with E-state index in [2.05, 4.69) is 0 Å². The van der Waals surface area contributed by atoms with Crippen molar-refractivity contribution in [3.05, 3.63) is 57.8 Å². The Kier molecular flexibility index (Phi) is 9.13. The minimum atomic E-state index is -0.535. The van der Waals surface area contributed by atoms with Gasteiger partial charge in [0.2, 0.25) is 11.2 Å². The summed E-state index contributed by atoms with van der Waals surface area (Å²) in [5.74, 6) is 0.773. The Morgan fingerprint density at radius 3 is 2.20 bits per heavy atom. The standard InChI is InChI=1S/C26H30O9/c1-16(2)6-11-19-20(33-14-30-4)12-21-22(23(19)27)24(28)26(34-15-31-5)25(35-21)17-7-9-18(10-8-17)32-13-29-3/h6-10,12,27H,11,13-15H2,1-5H3. The number of benzene rings is 2. The van der Waals surface area contributed by atoms with Gasteiger partial charge in [-0.25, -0.2) is 0 Å². The highest BCUT2D eigenvalue weighted by atomic mass is 16.7. The predicted molar refractivity (Wildman–Crippen MR) is 130 cm³/mol. The van der Waals surface area contributed by atoms with Gasteiger partial charge in [0.15, 0.2) is 26.1 Å². The van der Waals surface area contributed by atoms with Gasteiger partial charge in [-0.2, -0.15) is 0 Å². The third kappa shape index (κ3) is 6.13. The average Bonchev–Trinajstić information content (AvgIpc) is 2.85. The van der Waals surface area contributed by atoms with Crippen molar-refractivity contribution < 1.29 is 37.9 Å². The fourth-order valence-electron chi connectivity index (χ4n) is 3.36. The minimum absolute atomic E-state index is 0.0122. The van der Waals surface area contributed by atoms with Crippen LogP contribution in [0.3, 0.4) is 0 Å². The maximum atomic E-state index is 13.6. The van der Waals surface area contributed by atoms with Gasteiger partial charge in [-0.05, 0) is 44.5 Å². The van der Waals surface area contributed by atoms with Gasteiger partial charge in [0.25, 0.3) is 0 Å². The van der Waals surface area contributed by atoms with Crippen LogP contribution in [-0.2, 0) is 20.6 Å². The maximum Gasteiger partial charge on any atom is 0.239 e. The van der Waals surface area contributed by atoms with Crippen molar-refractivity contribution in [1.29, 1.82) is 0 Å². The SMILES string of the molecule is COCOc1ccc(-c2oc3cc(OCOC)c(CC=C(C)C)c(O)c3c(=O)c2OCOC)cc1. The molecule has 0 aliphatic heterocycles. The number of hydrogen-bond donors (Lipinski definition) is 1. The van der Waals surface area contributed by atoms with Gasteiger partial charge in [0.05, 0.1) is 0 Å². The lowest BCUT2D eigenvalue weighted by Gasteiger charge is -2.16. The first-order valence-electron chi connectivity index (χ1n) is 10.9. The summed E-state index contributed by atoms with van der Waals surface area (Å²) in [5, 5.41) is 11.1. The van der Waals surface area contributed by atoms with Crippen LogP contribution < -0.4 is 19.6 Å². The predicted octanol–water partition coefficient (Wildman–Crippen LogP) is 4.62. The van der Waals surface area contributed by atoms with Crippen LogP contribution in [0.15, 0.2) is 51.2 Å². The molecule has 1 aromatic heterocycles. The van der Waals surface area contributed by atoms with Crippen LogP contribution in [0.25, 0.3) is 22.3 Å². The Morgan fingerprint density at radius 2 is 1.57 bits per heavy atom. The van der Waals surface area contributed by atoms with Gasteiger partial charge in [0.1, 0.15) is 28.2 Å². The molecule has 0 saturated heterocycles. The number of hydrogen-bond acceptors (Lipinski definition) is 9. The van der Waals surface area contributed by atoms with Gasteiger partial charge in [0, 0.05) is 38.5 Å². The molecule has 188 valence electrons. The third-order valence-corrected chi connectivity index (χ3v) is 5.01. The fourth-order valence-corrected chi connectivity index (χ4v) is 3.36. The van der Waals surface area contributed by atoms with E-state index in [1.54, 1.807) is 30.3 Å². The van der Waals surface area contributed by atoms with Crippen LogP contribution in [0.2, 0.25) is 0 Å². The van der Waals surface area contributed by atoms with Crippen molar-refractivity contribution in [2.24, 2.45) is 0 Å². The Labute approximate surface area is 203 Å². The Bertz CT molecular complexity index is 1220. The van der Waals surface area contributed by atoms with Crippen molar-refractivity contribution in [2.75, 3.05) is 41.7 Å². The summed E-state index contributed by atoms with van der Waals surface area (Å²) in [6, 6.07) is 8.45. The Hall–Kier alpha value is -3.53. The van der Waals surface area contributed by atoms with Crippen molar-refractivity contribution in [2.45, 2.75) is 20.3 Å². The second-order valence-corrected chi connectivity index (χ2v) is 7.83. The molecule has 0 spiro atoms. The Morgan fingerprint density at radius 1 is 0.943 bits per heavy atom. The van der Waals surface area contributed by atoms with Crippen molar-refractivity contribution in [3.8, 4) is 34.3 Å². The molecule has 9 heteroatoms. The Balaban J connectivity index is 2.23. The largest absolute Gasteiger partial charge is 0.507 e. The summed E-state index contributed by atoms with van der Waals surface area (Å²) in [6.45, 7) is 3.76. The van der Waals surface area contributed by atoms with Crippen LogP contribution in [-0.4, -0.2) is 46.8 Å². The molecule has 0 bridgehead atoms. The molecule has 3 rings (SSSR count). The summed E-state index contributed by atoms with van der Waals surface area (Å²) in [5.41, 5.74) is 1.65. The van der Waals surface area contributed by atoms with Gasteiger partial charge >= 0.3 is 0 Å². The zero-order valence-corrected chi connectivity index (χ0v) is 20.5. The highest BCUT2D eigenvalue weighted by molar-refractivity contribution is 5.90. The molecule has 0 fully saturated rings. The van der Waals surface area contributed by atoms with E-state index in [0.717, 1.165) is 5.57 Å². The summed E-state index contributed by atoms with van der Waals surface area (Å²) < 4.78 is 37.8. The summed E-state index contributed by atoms with van der Waals surface area (Å²) in [7, 11) is 4.47. The lowest BCUT2D eigenvalue weighted by molar-refractivity contribution is 0.0493. The smallest absolute Gasteiger partial charge is 0.239 e. The zero-order chi connectivity index (χ0) is 25.4. The summed E-state index contributed by atoms with van der Waals surface area (Å²) in [6.07, 6.45) is 2.27. The molecular weight excluding hydrogens is 456 g/mol. The average molecular weight is 487 g/mol. The molecule has 0 atom stereocenters. The zero-order valence-electron chi connectivity index (χ0n) is 20.5. The number of phenols is 1. The van der Waals surface area contributed by atoms with E-state index in [-0.39, 0.29) is 48.6 Å². The normalized spacial score (nSPS) is 10.9. The molecule has 0 saturated carbocycles. The van der Waals surface area contributed by atoms with E-state index < -0.39 is 5.43 Å². The van der Waals surface area contributed by atoms with Crippen molar-refractivity contribution in [1.82, 2.24) is 0 Å². The van der Waals surface area contributed by atoms with E-state index in [4.69, 9.17) is 32.8 Å². The summed E-state index contributed by atoms with van der Waals surface area (Å²) in [4.78, 5) is 13.6. The van der Waals surface area contributed by atoms with Crippen LogP contribution in [0.1, 0.15) is 19.4 Å². The second-order valence-electron chi connectivity index (χ2n) is 7.83. The van der Waals surface area contributed by atoms with Crippen molar-refractivity contribution >= 4 is 11.0 Å². The van der Waals surface area contributed by atoms with Gasteiger partial charge in [-0.1, -0.05) is 11.6 Å². The number of ether oxygens (including phenoxy) is 6. The van der Waals surface area contributed by atoms with Crippen LogP contribution >= 0.6 is 0 Å². The maximum absolute atomic E-state index is 13.6. The van der Waals surface area contributed by atoms with E-state index in [1.165, 1.54) is 21.3 Å². The fraction of sp³-hybridized carbons (Fsp3) is 0.346. The van der Waals surface area contributed by atoms with Gasteiger partial charge in [-0.3, -0.25) is 4.79 Å². The van der Waals surface area contributed by atoms with Gasteiger partial charge in [-0.15, -0.1) is 0 Å². The van der Waals surface area contributed by atoms with E-state index in [0.29, 0.717) is 29.0 Å². The molecule has 0 aliphatic carbocycles. The minimum Gasteiger partial charge on any atom is -0.507 e. The molecule has 1 N–H and O–H groups in total. The molecule has 9 nitrogen and oxygen atoms in total. The molecule has 1 heterocycles. The second kappa shape index (κ2) is 12.3. The third-order valence-electron chi connectivity index (χ3n) is 5.01. The van der Waals surface area contributed by atoms with Crippen LogP contribution in [0, 0.1) is 0 Å². The molecule has 0 unspecified atom stereocenters. The summed E-state index contributed by atoms with van der Waals surface area (Å²) >= 11 is 0. The van der Waals surface area contributed by atoms with E-state index in [1.807, 2.05) is 19.9 Å². The molecule has 35 heavy (non-hydrogen) atoms. The molecule has 0 aliphatic rings. The number of allylic oxidation sites excluding steroid dienone is 2. The number of aromatic hydroxyl groups is 1. The van der Waals surface area contributed by atoms with Crippen LogP contribution in [0.4, 0.5) is 0 Å².